The molecule has 0 radical (unpaired) electrons. The molecule has 156 valence electrons. The number of carbonyl (C=O) groups is 1. The van der Waals surface area contributed by atoms with Crippen molar-refractivity contribution in [3.05, 3.63) is 87.6 Å². The molecule has 8 heteroatoms. The average molecular weight is 436 g/mol. The van der Waals surface area contributed by atoms with E-state index in [4.69, 9.17) is 21.4 Å². The first kappa shape index (κ1) is 19.4. The van der Waals surface area contributed by atoms with Crippen molar-refractivity contribution < 1.29 is 14.6 Å². The summed E-state index contributed by atoms with van der Waals surface area (Å²) in [5.74, 6) is -0.0836. The third kappa shape index (κ3) is 3.92. The van der Waals surface area contributed by atoms with Crippen LogP contribution >= 0.6 is 11.6 Å². The number of nitrogens with zero attached hydrogens (tertiary/aromatic N) is 2. The fourth-order valence-electron chi connectivity index (χ4n) is 3.62. The lowest BCUT2D eigenvalue weighted by atomic mass is 10.2. The lowest BCUT2D eigenvalue weighted by Crippen LogP contribution is -2.16. The molecule has 7 nitrogen and oxygen atoms in total. The molecule has 2 aromatic carbocycles. The molecule has 4 aromatic rings. The molecule has 2 aromatic heterocycles. The monoisotopic (exact) mass is 435 g/mol. The van der Waals surface area contributed by atoms with Crippen LogP contribution in [0, 0.1) is 5.92 Å². The Bertz CT molecular complexity index is 1340. The van der Waals surface area contributed by atoms with E-state index in [2.05, 4.69) is 9.97 Å². The Kier molecular flexibility index (Phi) is 4.75. The smallest absolute Gasteiger partial charge is 0.307 e. The van der Waals surface area contributed by atoms with E-state index in [0.29, 0.717) is 35.3 Å². The van der Waals surface area contributed by atoms with E-state index in [-0.39, 0.29) is 17.4 Å². The summed E-state index contributed by atoms with van der Waals surface area (Å²) in [6, 6.07) is 16.0. The Morgan fingerprint density at radius 1 is 1.19 bits per heavy atom. The molecule has 2 heterocycles. The maximum Gasteiger partial charge on any atom is 0.307 e. The van der Waals surface area contributed by atoms with Gasteiger partial charge < -0.3 is 14.8 Å². The summed E-state index contributed by atoms with van der Waals surface area (Å²) in [6.07, 6.45) is 2.26. The van der Waals surface area contributed by atoms with Crippen LogP contribution < -0.4 is 10.3 Å². The van der Waals surface area contributed by atoms with Crippen molar-refractivity contribution in [2.75, 3.05) is 0 Å². The Hall–Kier alpha value is -3.58. The van der Waals surface area contributed by atoms with Crippen LogP contribution in [0.1, 0.15) is 23.7 Å². The number of aromatic amines is 1. The van der Waals surface area contributed by atoms with Gasteiger partial charge >= 0.3 is 5.97 Å². The van der Waals surface area contributed by atoms with Gasteiger partial charge in [-0.05, 0) is 48.4 Å². The minimum Gasteiger partial charge on any atom is -0.489 e. The number of fused-ring (bicyclic) bond motifs is 1. The van der Waals surface area contributed by atoms with Crippen molar-refractivity contribution in [3.63, 3.8) is 0 Å². The first-order valence-corrected chi connectivity index (χ1v) is 10.2. The Balaban J connectivity index is 1.35. The summed E-state index contributed by atoms with van der Waals surface area (Å²) < 4.78 is 7.24. The highest BCUT2D eigenvalue weighted by Crippen LogP contribution is 2.46. The van der Waals surface area contributed by atoms with Gasteiger partial charge in [-0.2, -0.15) is 0 Å². The summed E-state index contributed by atoms with van der Waals surface area (Å²) in [5.41, 5.74) is 2.92. The third-order valence-electron chi connectivity index (χ3n) is 5.43. The zero-order valence-corrected chi connectivity index (χ0v) is 17.0. The lowest BCUT2D eigenvalue weighted by molar-refractivity contribution is -0.138. The molecule has 1 saturated carbocycles. The number of pyridine rings is 1. The molecule has 0 aliphatic heterocycles. The fourth-order valence-corrected chi connectivity index (χ4v) is 3.75. The topological polar surface area (TPSA) is 97.2 Å². The lowest BCUT2D eigenvalue weighted by Gasteiger charge is -2.09. The summed E-state index contributed by atoms with van der Waals surface area (Å²) in [6.45, 7) is 0.335. The van der Waals surface area contributed by atoms with Crippen LogP contribution in [-0.2, 0) is 11.4 Å². The highest BCUT2D eigenvalue weighted by molar-refractivity contribution is 6.30. The van der Waals surface area contributed by atoms with Crippen LogP contribution in [0.4, 0.5) is 0 Å². The minimum atomic E-state index is -0.795. The van der Waals surface area contributed by atoms with Crippen molar-refractivity contribution in [2.24, 2.45) is 5.92 Å². The predicted octanol–water partition coefficient (Wildman–Crippen LogP) is 4.13. The van der Waals surface area contributed by atoms with Crippen molar-refractivity contribution >= 4 is 28.6 Å². The summed E-state index contributed by atoms with van der Waals surface area (Å²) in [4.78, 5) is 31.5. The summed E-state index contributed by atoms with van der Waals surface area (Å²) in [5, 5.41) is 9.78. The van der Waals surface area contributed by atoms with Gasteiger partial charge in [0.2, 0.25) is 0 Å². The van der Waals surface area contributed by atoms with E-state index in [1.54, 1.807) is 24.4 Å². The van der Waals surface area contributed by atoms with Crippen LogP contribution in [0.2, 0.25) is 5.02 Å². The van der Waals surface area contributed by atoms with Gasteiger partial charge in [0.1, 0.15) is 18.2 Å². The molecule has 0 bridgehead atoms. The summed E-state index contributed by atoms with van der Waals surface area (Å²) in [7, 11) is 0. The second-order valence-electron chi connectivity index (χ2n) is 7.60. The standard InChI is InChI=1S/C23H18ClN3O4/c24-14-3-1-13(2-4-14)12-31-16-7-8-27(21(28)10-16)15-5-6-19-20(9-15)26-22(25-19)17-11-18(17)23(29)30/h1-10,17-18H,11-12H2,(H,25,26)(H,29,30). The molecular weight excluding hydrogens is 418 g/mol. The second-order valence-corrected chi connectivity index (χ2v) is 8.03. The van der Waals surface area contributed by atoms with Gasteiger partial charge in [-0.15, -0.1) is 0 Å². The molecule has 2 unspecified atom stereocenters. The quantitative estimate of drug-likeness (QED) is 0.474. The molecule has 0 amide bonds. The number of carboxylic acid groups (broad SMARTS) is 1. The molecule has 2 N–H and O–H groups in total. The van der Waals surface area contributed by atoms with Crippen LogP contribution in [0.25, 0.3) is 16.7 Å². The van der Waals surface area contributed by atoms with Gasteiger partial charge in [-0.3, -0.25) is 14.2 Å². The maximum absolute atomic E-state index is 12.6. The number of ether oxygens (including phenoxy) is 1. The number of benzene rings is 2. The number of halogens is 1. The van der Waals surface area contributed by atoms with E-state index in [1.165, 1.54) is 10.6 Å². The van der Waals surface area contributed by atoms with E-state index in [0.717, 1.165) is 16.6 Å². The number of nitrogens with one attached hydrogen (secondary N) is 1. The van der Waals surface area contributed by atoms with E-state index in [1.807, 2.05) is 30.3 Å². The molecular formula is C23H18ClN3O4. The first-order chi connectivity index (χ1) is 15.0. The maximum atomic E-state index is 12.6. The molecule has 1 aliphatic rings. The van der Waals surface area contributed by atoms with Gasteiger partial charge in [-0.25, -0.2) is 4.98 Å². The normalized spacial score (nSPS) is 17.6. The largest absolute Gasteiger partial charge is 0.489 e. The molecule has 31 heavy (non-hydrogen) atoms. The van der Waals surface area contributed by atoms with E-state index in [9.17, 15) is 9.59 Å². The van der Waals surface area contributed by atoms with Crippen LogP contribution in [0.3, 0.4) is 0 Å². The van der Waals surface area contributed by atoms with Crippen molar-refractivity contribution in [2.45, 2.75) is 18.9 Å². The molecule has 0 saturated heterocycles. The van der Waals surface area contributed by atoms with Crippen LogP contribution in [0.5, 0.6) is 5.75 Å². The second kappa shape index (κ2) is 7.59. The minimum absolute atomic E-state index is 0.0758. The SMILES string of the molecule is O=C(O)C1CC1c1nc2ccc(-n3ccc(OCc4ccc(Cl)cc4)cc3=O)cc2[nH]1. The van der Waals surface area contributed by atoms with Crippen LogP contribution in [-0.4, -0.2) is 25.6 Å². The number of carboxylic acids is 1. The molecule has 2 atom stereocenters. The van der Waals surface area contributed by atoms with Crippen molar-refractivity contribution in [1.82, 2.24) is 14.5 Å². The fraction of sp³-hybridized carbons (Fsp3) is 0.174. The van der Waals surface area contributed by atoms with Gasteiger partial charge in [0.25, 0.3) is 5.56 Å². The van der Waals surface area contributed by atoms with Gasteiger partial charge in [0.05, 0.1) is 22.6 Å². The number of aliphatic carboxylic acids is 1. The molecule has 1 aliphatic carbocycles. The average Bonchev–Trinajstić information content (AvgIpc) is 3.46. The first-order valence-electron chi connectivity index (χ1n) is 9.81. The van der Waals surface area contributed by atoms with Gasteiger partial charge in [0.15, 0.2) is 0 Å². The van der Waals surface area contributed by atoms with Crippen molar-refractivity contribution in [1.29, 1.82) is 0 Å². The molecule has 1 fully saturated rings. The van der Waals surface area contributed by atoms with E-state index < -0.39 is 5.97 Å². The van der Waals surface area contributed by atoms with E-state index >= 15 is 0 Å². The summed E-state index contributed by atoms with van der Waals surface area (Å²) >= 11 is 5.89. The predicted molar refractivity (Wildman–Crippen MR) is 116 cm³/mol. The Morgan fingerprint density at radius 2 is 2.00 bits per heavy atom. The molecule has 0 spiro atoms. The highest BCUT2D eigenvalue weighted by Gasteiger charge is 2.46. The number of hydrogen-bond donors (Lipinski definition) is 2. The highest BCUT2D eigenvalue weighted by atomic mass is 35.5. The number of imidazole rings is 1. The Labute approximate surface area is 181 Å². The Morgan fingerprint density at radius 3 is 2.71 bits per heavy atom. The molecule has 5 rings (SSSR count). The van der Waals surface area contributed by atoms with Crippen molar-refractivity contribution in [3.8, 4) is 11.4 Å². The number of aromatic nitrogens is 3. The zero-order chi connectivity index (χ0) is 21.5. The van der Waals surface area contributed by atoms with Gasteiger partial charge in [0, 0.05) is 23.2 Å². The third-order valence-corrected chi connectivity index (χ3v) is 5.68. The van der Waals surface area contributed by atoms with Crippen LogP contribution in [0.15, 0.2) is 65.6 Å². The zero-order valence-electron chi connectivity index (χ0n) is 16.3. The van der Waals surface area contributed by atoms with Gasteiger partial charge in [-0.1, -0.05) is 23.7 Å². The number of hydrogen-bond acceptors (Lipinski definition) is 4. The number of rotatable bonds is 6. The number of H-pyrrole nitrogens is 1.